The van der Waals surface area contributed by atoms with Crippen LogP contribution in [0.1, 0.15) is 17.3 Å². The van der Waals surface area contributed by atoms with Gasteiger partial charge in [-0.25, -0.2) is 9.59 Å². The second-order valence-corrected chi connectivity index (χ2v) is 5.24. The van der Waals surface area contributed by atoms with Crippen molar-refractivity contribution in [3.63, 3.8) is 0 Å². The first-order chi connectivity index (χ1) is 9.85. The number of urea groups is 1. The molecule has 1 aromatic carbocycles. The van der Waals surface area contributed by atoms with Crippen molar-refractivity contribution < 1.29 is 14.7 Å². The van der Waals surface area contributed by atoms with Gasteiger partial charge < -0.3 is 20.6 Å². The van der Waals surface area contributed by atoms with Crippen LogP contribution in [0.4, 0.5) is 10.5 Å². The number of carboxylic acid groups (broad SMARTS) is 1. The average molecular weight is 334 g/mol. The van der Waals surface area contributed by atoms with Gasteiger partial charge in [-0.3, -0.25) is 0 Å². The van der Waals surface area contributed by atoms with E-state index in [1.807, 2.05) is 18.9 Å². The van der Waals surface area contributed by atoms with Gasteiger partial charge in [0, 0.05) is 18.1 Å². The minimum atomic E-state index is -1.22. The molecule has 0 radical (unpaired) electrons. The highest BCUT2D eigenvalue weighted by molar-refractivity contribution is 6.37. The van der Waals surface area contributed by atoms with Gasteiger partial charge in [-0.1, -0.05) is 30.1 Å². The third kappa shape index (κ3) is 5.41. The number of carboxylic acids is 1. The zero-order valence-electron chi connectivity index (χ0n) is 11.7. The van der Waals surface area contributed by atoms with E-state index in [0.717, 1.165) is 6.54 Å². The van der Waals surface area contributed by atoms with Crippen LogP contribution < -0.4 is 10.6 Å². The molecule has 21 heavy (non-hydrogen) atoms. The number of likely N-dealkylation sites (N-methyl/N-ethyl adjacent to an activating group) is 1. The number of benzene rings is 1. The zero-order valence-corrected chi connectivity index (χ0v) is 13.3. The molecule has 0 spiro atoms. The number of hydrogen-bond donors (Lipinski definition) is 3. The van der Waals surface area contributed by atoms with Crippen LogP contribution in [0.2, 0.25) is 10.0 Å². The Bertz CT molecular complexity index is 538. The van der Waals surface area contributed by atoms with E-state index in [1.165, 1.54) is 12.1 Å². The SMILES string of the molecule is CCN(C)CCNC(=O)Nc1c(Cl)cc(Cl)cc1C(=O)O. The Labute approximate surface area is 133 Å². The average Bonchev–Trinajstić information content (AvgIpc) is 2.41. The predicted octanol–water partition coefficient (Wildman–Crippen LogP) is 2.76. The number of anilines is 1. The number of carbonyl (C=O) groups excluding carboxylic acids is 1. The summed E-state index contributed by atoms with van der Waals surface area (Å²) in [7, 11) is 1.93. The molecule has 0 heterocycles. The summed E-state index contributed by atoms with van der Waals surface area (Å²) >= 11 is 11.7. The van der Waals surface area contributed by atoms with E-state index in [9.17, 15) is 9.59 Å². The van der Waals surface area contributed by atoms with Gasteiger partial charge >= 0.3 is 12.0 Å². The van der Waals surface area contributed by atoms with Gasteiger partial charge in [0.1, 0.15) is 0 Å². The summed E-state index contributed by atoms with van der Waals surface area (Å²) in [6.07, 6.45) is 0. The quantitative estimate of drug-likeness (QED) is 0.747. The minimum Gasteiger partial charge on any atom is -0.478 e. The monoisotopic (exact) mass is 333 g/mol. The topological polar surface area (TPSA) is 81.7 Å². The Balaban J connectivity index is 2.74. The van der Waals surface area contributed by atoms with Crippen LogP contribution in [0.3, 0.4) is 0 Å². The first-order valence-electron chi connectivity index (χ1n) is 6.30. The Kier molecular flexibility index (Phi) is 6.74. The molecule has 0 aliphatic rings. The molecular weight excluding hydrogens is 317 g/mol. The highest BCUT2D eigenvalue weighted by atomic mass is 35.5. The Morgan fingerprint density at radius 1 is 1.33 bits per heavy atom. The van der Waals surface area contributed by atoms with Crippen molar-refractivity contribution in [1.29, 1.82) is 0 Å². The number of nitrogens with one attached hydrogen (secondary N) is 2. The number of rotatable bonds is 6. The lowest BCUT2D eigenvalue weighted by Crippen LogP contribution is -2.35. The largest absolute Gasteiger partial charge is 0.478 e. The number of hydrogen-bond acceptors (Lipinski definition) is 3. The molecule has 0 saturated carbocycles. The molecule has 2 amide bonds. The summed E-state index contributed by atoms with van der Waals surface area (Å²) in [5.74, 6) is -1.22. The van der Waals surface area contributed by atoms with Gasteiger partial charge in [0.25, 0.3) is 0 Å². The Hall–Kier alpha value is -1.50. The van der Waals surface area contributed by atoms with Crippen LogP contribution in [-0.4, -0.2) is 48.7 Å². The van der Waals surface area contributed by atoms with Crippen molar-refractivity contribution >= 4 is 40.9 Å². The van der Waals surface area contributed by atoms with Crippen molar-refractivity contribution in [3.8, 4) is 0 Å². The lowest BCUT2D eigenvalue weighted by Gasteiger charge is -2.15. The molecule has 1 rings (SSSR count). The molecule has 3 N–H and O–H groups in total. The molecule has 8 heteroatoms. The highest BCUT2D eigenvalue weighted by Gasteiger charge is 2.17. The number of halogens is 2. The standard InChI is InChI=1S/C13H17Cl2N3O3/c1-3-18(2)5-4-16-13(21)17-11-9(12(19)20)6-8(14)7-10(11)15/h6-7H,3-5H2,1-2H3,(H,19,20)(H2,16,17,21). The maximum atomic E-state index is 11.8. The van der Waals surface area contributed by atoms with Crippen molar-refractivity contribution in [3.05, 3.63) is 27.7 Å². The zero-order chi connectivity index (χ0) is 16.0. The van der Waals surface area contributed by atoms with Crippen molar-refractivity contribution in [2.45, 2.75) is 6.92 Å². The van der Waals surface area contributed by atoms with Crippen molar-refractivity contribution in [2.75, 3.05) is 32.0 Å². The van der Waals surface area contributed by atoms with E-state index in [-0.39, 0.29) is 21.3 Å². The summed E-state index contributed by atoms with van der Waals surface area (Å²) in [6, 6.07) is 2.08. The van der Waals surface area contributed by atoms with Gasteiger partial charge in [0.15, 0.2) is 0 Å². The maximum Gasteiger partial charge on any atom is 0.337 e. The summed E-state index contributed by atoms with van der Waals surface area (Å²) in [5.41, 5.74) is -0.136. The normalized spacial score (nSPS) is 10.5. The molecule has 0 bridgehead atoms. The lowest BCUT2D eigenvalue weighted by molar-refractivity contribution is 0.0698. The van der Waals surface area contributed by atoms with Crippen LogP contribution in [-0.2, 0) is 0 Å². The fourth-order valence-corrected chi connectivity index (χ4v) is 2.09. The maximum absolute atomic E-state index is 11.8. The van der Waals surface area contributed by atoms with E-state index < -0.39 is 12.0 Å². The molecule has 0 aliphatic heterocycles. The number of amides is 2. The fraction of sp³-hybridized carbons (Fsp3) is 0.385. The van der Waals surface area contributed by atoms with Gasteiger partial charge in [-0.15, -0.1) is 0 Å². The van der Waals surface area contributed by atoms with E-state index >= 15 is 0 Å². The third-order valence-electron chi connectivity index (χ3n) is 2.84. The van der Waals surface area contributed by atoms with E-state index in [2.05, 4.69) is 10.6 Å². The third-order valence-corrected chi connectivity index (χ3v) is 3.36. The molecule has 0 atom stereocenters. The van der Waals surface area contributed by atoms with Crippen LogP contribution in [0.5, 0.6) is 0 Å². The van der Waals surface area contributed by atoms with E-state index in [1.54, 1.807) is 0 Å². The predicted molar refractivity (Wildman–Crippen MR) is 83.6 cm³/mol. The lowest BCUT2D eigenvalue weighted by atomic mass is 10.2. The van der Waals surface area contributed by atoms with Crippen molar-refractivity contribution in [1.82, 2.24) is 10.2 Å². The second kappa shape index (κ2) is 8.07. The smallest absolute Gasteiger partial charge is 0.337 e. The molecule has 0 aliphatic carbocycles. The second-order valence-electron chi connectivity index (χ2n) is 4.39. The summed E-state index contributed by atoms with van der Waals surface area (Å²) < 4.78 is 0. The summed E-state index contributed by atoms with van der Waals surface area (Å²) in [5, 5.41) is 14.4. The molecule has 1 aromatic rings. The molecule has 0 fully saturated rings. The van der Waals surface area contributed by atoms with Gasteiger partial charge in [-0.2, -0.15) is 0 Å². The molecule has 6 nitrogen and oxygen atoms in total. The van der Waals surface area contributed by atoms with Crippen LogP contribution in [0.15, 0.2) is 12.1 Å². The fourth-order valence-electron chi connectivity index (χ4n) is 1.55. The number of nitrogens with zero attached hydrogens (tertiary/aromatic N) is 1. The van der Waals surface area contributed by atoms with Crippen LogP contribution >= 0.6 is 23.2 Å². The number of aromatic carboxylic acids is 1. The van der Waals surface area contributed by atoms with E-state index in [4.69, 9.17) is 28.3 Å². The first kappa shape index (κ1) is 17.6. The summed E-state index contributed by atoms with van der Waals surface area (Å²) in [6.45, 7) is 4.00. The number of carbonyl (C=O) groups is 2. The Morgan fingerprint density at radius 3 is 2.57 bits per heavy atom. The molecular formula is C13H17Cl2N3O3. The highest BCUT2D eigenvalue weighted by Crippen LogP contribution is 2.30. The molecule has 0 aromatic heterocycles. The van der Waals surface area contributed by atoms with Gasteiger partial charge in [0.05, 0.1) is 16.3 Å². The van der Waals surface area contributed by atoms with E-state index in [0.29, 0.717) is 13.1 Å². The van der Waals surface area contributed by atoms with Crippen LogP contribution in [0.25, 0.3) is 0 Å². The van der Waals surface area contributed by atoms with Crippen molar-refractivity contribution in [2.24, 2.45) is 0 Å². The first-order valence-corrected chi connectivity index (χ1v) is 7.06. The minimum absolute atomic E-state index is 0.0231. The van der Waals surface area contributed by atoms with Gasteiger partial charge in [-0.05, 0) is 25.7 Å². The molecule has 0 unspecified atom stereocenters. The molecule has 0 saturated heterocycles. The summed E-state index contributed by atoms with van der Waals surface area (Å²) in [4.78, 5) is 24.9. The van der Waals surface area contributed by atoms with Crippen LogP contribution in [0, 0.1) is 0 Å². The molecule has 116 valence electrons. The Morgan fingerprint density at radius 2 is 2.00 bits per heavy atom. The van der Waals surface area contributed by atoms with Gasteiger partial charge in [0.2, 0.25) is 0 Å².